The third kappa shape index (κ3) is 3.48. The highest BCUT2D eigenvalue weighted by Gasteiger charge is 2.22. The smallest absolute Gasteiger partial charge is 0.0434 e. The van der Waals surface area contributed by atoms with Gasteiger partial charge in [0.15, 0.2) is 0 Å². The number of aliphatic hydroxyl groups excluding tert-OH is 1. The van der Waals surface area contributed by atoms with Gasteiger partial charge >= 0.3 is 0 Å². The Kier molecular flexibility index (Phi) is 5.23. The summed E-state index contributed by atoms with van der Waals surface area (Å²) in [5.74, 6) is 0.636. The predicted molar refractivity (Wildman–Crippen MR) is 80.6 cm³/mol. The number of nitrogens with zero attached hydrogens (tertiary/aromatic N) is 1. The Morgan fingerprint density at radius 3 is 2.95 bits per heavy atom. The zero-order chi connectivity index (χ0) is 13.7. The molecule has 0 aromatic heterocycles. The van der Waals surface area contributed by atoms with E-state index in [0.29, 0.717) is 18.6 Å². The van der Waals surface area contributed by atoms with Crippen LogP contribution in [0, 0.1) is 5.92 Å². The molecule has 1 aromatic rings. The summed E-state index contributed by atoms with van der Waals surface area (Å²) in [6.45, 7) is 4.73. The second-order valence-electron chi connectivity index (χ2n) is 5.54. The van der Waals surface area contributed by atoms with Crippen molar-refractivity contribution in [2.45, 2.75) is 32.2 Å². The Hall–Kier alpha value is -1.06. The van der Waals surface area contributed by atoms with Gasteiger partial charge in [0, 0.05) is 31.4 Å². The van der Waals surface area contributed by atoms with Crippen molar-refractivity contribution in [2.24, 2.45) is 5.92 Å². The van der Waals surface area contributed by atoms with Crippen molar-refractivity contribution in [2.75, 3.05) is 31.6 Å². The average Bonchev–Trinajstić information content (AvgIpc) is 2.47. The molecule has 0 amide bonds. The molecule has 1 aromatic carbocycles. The summed E-state index contributed by atoms with van der Waals surface area (Å²) in [6, 6.07) is 9.05. The highest BCUT2D eigenvalue weighted by molar-refractivity contribution is 5.55. The molecule has 1 heterocycles. The summed E-state index contributed by atoms with van der Waals surface area (Å²) in [5, 5.41) is 12.5. The van der Waals surface area contributed by atoms with Crippen molar-refractivity contribution in [1.29, 1.82) is 0 Å². The van der Waals surface area contributed by atoms with Crippen molar-refractivity contribution in [3.05, 3.63) is 29.8 Å². The zero-order valence-electron chi connectivity index (χ0n) is 12.1. The second-order valence-corrected chi connectivity index (χ2v) is 5.54. The fourth-order valence-corrected chi connectivity index (χ4v) is 3.00. The van der Waals surface area contributed by atoms with Gasteiger partial charge in [-0.2, -0.15) is 0 Å². The van der Waals surface area contributed by atoms with Gasteiger partial charge in [-0.05, 0) is 50.8 Å². The number of para-hydroxylation sites is 1. The van der Waals surface area contributed by atoms with Crippen molar-refractivity contribution >= 4 is 5.69 Å². The van der Waals surface area contributed by atoms with Gasteiger partial charge < -0.3 is 15.3 Å². The molecule has 0 saturated carbocycles. The molecule has 2 N–H and O–H groups in total. The summed E-state index contributed by atoms with van der Waals surface area (Å²) >= 11 is 0. The largest absolute Gasteiger partial charge is 0.396 e. The molecular formula is C16H26N2O. The molecule has 1 aliphatic heterocycles. The first kappa shape index (κ1) is 14.4. The quantitative estimate of drug-likeness (QED) is 0.856. The predicted octanol–water partition coefficient (Wildman–Crippen LogP) is 2.57. The van der Waals surface area contributed by atoms with Crippen LogP contribution in [0.3, 0.4) is 0 Å². The van der Waals surface area contributed by atoms with E-state index in [2.05, 4.69) is 41.4 Å². The van der Waals surface area contributed by atoms with E-state index in [1.807, 2.05) is 7.05 Å². The van der Waals surface area contributed by atoms with E-state index >= 15 is 0 Å². The molecule has 3 heteroatoms. The Bertz CT molecular complexity index is 392. The van der Waals surface area contributed by atoms with Gasteiger partial charge in [0.1, 0.15) is 0 Å². The van der Waals surface area contributed by atoms with E-state index in [1.54, 1.807) is 0 Å². The molecule has 3 nitrogen and oxygen atoms in total. The van der Waals surface area contributed by atoms with Gasteiger partial charge in [0.05, 0.1) is 0 Å². The minimum Gasteiger partial charge on any atom is -0.396 e. The molecular weight excluding hydrogens is 236 g/mol. The lowest BCUT2D eigenvalue weighted by atomic mass is 9.93. The van der Waals surface area contributed by atoms with Crippen LogP contribution in [-0.4, -0.2) is 31.9 Å². The molecule has 0 spiro atoms. The van der Waals surface area contributed by atoms with Gasteiger partial charge in [0.25, 0.3) is 0 Å². The van der Waals surface area contributed by atoms with E-state index < -0.39 is 0 Å². The number of anilines is 1. The van der Waals surface area contributed by atoms with E-state index in [1.165, 1.54) is 24.1 Å². The van der Waals surface area contributed by atoms with Crippen LogP contribution in [0.15, 0.2) is 24.3 Å². The summed E-state index contributed by atoms with van der Waals surface area (Å²) in [4.78, 5) is 2.49. The molecule has 2 rings (SSSR count). The summed E-state index contributed by atoms with van der Waals surface area (Å²) in [5.41, 5.74) is 2.72. The lowest BCUT2D eigenvalue weighted by Crippen LogP contribution is -2.36. The molecule has 2 atom stereocenters. The number of hydrogen-bond acceptors (Lipinski definition) is 3. The highest BCUT2D eigenvalue weighted by atomic mass is 16.3. The molecule has 1 saturated heterocycles. The summed E-state index contributed by atoms with van der Waals surface area (Å²) < 4.78 is 0. The number of benzene rings is 1. The minimum absolute atomic E-state index is 0.313. The maximum absolute atomic E-state index is 9.13. The molecule has 19 heavy (non-hydrogen) atoms. The van der Waals surface area contributed by atoms with Crippen LogP contribution in [0.2, 0.25) is 0 Å². The SMILES string of the molecule is CNC(C)c1ccccc1N1CCCC(CCO)C1. The van der Waals surface area contributed by atoms with Crippen LogP contribution in [0.4, 0.5) is 5.69 Å². The number of piperidine rings is 1. The van der Waals surface area contributed by atoms with E-state index in [4.69, 9.17) is 5.11 Å². The Morgan fingerprint density at radius 2 is 2.21 bits per heavy atom. The van der Waals surface area contributed by atoms with Gasteiger partial charge in [-0.25, -0.2) is 0 Å². The van der Waals surface area contributed by atoms with E-state index in [-0.39, 0.29) is 0 Å². The Labute approximate surface area is 116 Å². The summed E-state index contributed by atoms with van der Waals surface area (Å²) in [7, 11) is 2.01. The van der Waals surface area contributed by atoms with Gasteiger partial charge in [-0.3, -0.25) is 0 Å². The van der Waals surface area contributed by atoms with Crippen LogP contribution >= 0.6 is 0 Å². The molecule has 1 fully saturated rings. The Morgan fingerprint density at radius 1 is 1.42 bits per heavy atom. The standard InChI is InChI=1S/C16H26N2O/c1-13(17-2)15-7-3-4-8-16(15)18-10-5-6-14(12-18)9-11-19/h3-4,7-8,13-14,17,19H,5-6,9-12H2,1-2H3. The normalized spacial score (nSPS) is 21.4. The van der Waals surface area contributed by atoms with Crippen LogP contribution in [0.1, 0.15) is 37.8 Å². The average molecular weight is 262 g/mol. The van der Waals surface area contributed by atoms with Crippen molar-refractivity contribution in [3.63, 3.8) is 0 Å². The highest BCUT2D eigenvalue weighted by Crippen LogP contribution is 2.30. The van der Waals surface area contributed by atoms with Gasteiger partial charge in [-0.1, -0.05) is 18.2 Å². The maximum atomic E-state index is 9.13. The number of nitrogens with one attached hydrogen (secondary N) is 1. The van der Waals surface area contributed by atoms with Crippen molar-refractivity contribution in [3.8, 4) is 0 Å². The zero-order valence-corrected chi connectivity index (χ0v) is 12.1. The first-order chi connectivity index (χ1) is 9.26. The molecule has 0 aliphatic carbocycles. The molecule has 0 bridgehead atoms. The van der Waals surface area contributed by atoms with Crippen LogP contribution < -0.4 is 10.2 Å². The fraction of sp³-hybridized carbons (Fsp3) is 0.625. The lowest BCUT2D eigenvalue weighted by Gasteiger charge is -2.36. The second kappa shape index (κ2) is 6.92. The third-order valence-electron chi connectivity index (χ3n) is 4.23. The first-order valence-corrected chi connectivity index (χ1v) is 7.38. The molecule has 0 radical (unpaired) electrons. The van der Waals surface area contributed by atoms with E-state index in [0.717, 1.165) is 19.5 Å². The molecule has 2 unspecified atom stereocenters. The fourth-order valence-electron chi connectivity index (χ4n) is 3.00. The number of aliphatic hydroxyl groups is 1. The summed E-state index contributed by atoms with van der Waals surface area (Å²) in [6.07, 6.45) is 3.41. The molecule has 1 aliphatic rings. The number of hydrogen-bond donors (Lipinski definition) is 2. The lowest BCUT2D eigenvalue weighted by molar-refractivity contribution is 0.244. The van der Waals surface area contributed by atoms with Gasteiger partial charge in [-0.15, -0.1) is 0 Å². The third-order valence-corrected chi connectivity index (χ3v) is 4.23. The monoisotopic (exact) mass is 262 g/mol. The first-order valence-electron chi connectivity index (χ1n) is 7.38. The number of rotatable bonds is 5. The van der Waals surface area contributed by atoms with Crippen LogP contribution in [0.5, 0.6) is 0 Å². The minimum atomic E-state index is 0.313. The topological polar surface area (TPSA) is 35.5 Å². The van der Waals surface area contributed by atoms with Gasteiger partial charge in [0.2, 0.25) is 0 Å². The van der Waals surface area contributed by atoms with Crippen molar-refractivity contribution in [1.82, 2.24) is 5.32 Å². The van der Waals surface area contributed by atoms with Crippen LogP contribution in [-0.2, 0) is 0 Å². The van der Waals surface area contributed by atoms with Crippen LogP contribution in [0.25, 0.3) is 0 Å². The molecule has 106 valence electrons. The maximum Gasteiger partial charge on any atom is 0.0434 e. The van der Waals surface area contributed by atoms with E-state index in [9.17, 15) is 0 Å². The Balaban J connectivity index is 2.16. The van der Waals surface area contributed by atoms with Crippen molar-refractivity contribution < 1.29 is 5.11 Å².